The normalized spacial score (nSPS) is 11.7. The number of esters is 1. The Morgan fingerprint density at radius 3 is 2.86 bits per heavy atom. The number of methoxy groups -OCH3 is 1. The highest BCUT2D eigenvalue weighted by atomic mass is 16.5. The van der Waals surface area contributed by atoms with E-state index in [1.807, 2.05) is 0 Å². The van der Waals surface area contributed by atoms with Crippen molar-refractivity contribution in [2.45, 2.75) is 12.5 Å². The first-order valence-electron chi connectivity index (χ1n) is 6.10. The van der Waals surface area contributed by atoms with E-state index in [1.54, 1.807) is 6.20 Å². The Balaban J connectivity index is 2.13. The number of aromatic amines is 1. The Labute approximate surface area is 120 Å². The molecule has 21 heavy (non-hydrogen) atoms. The molecule has 0 radical (unpaired) electrons. The van der Waals surface area contributed by atoms with Crippen LogP contribution in [0.2, 0.25) is 0 Å². The Morgan fingerprint density at radius 1 is 1.43 bits per heavy atom. The smallest absolute Gasteiger partial charge is 0.328 e. The first kappa shape index (κ1) is 14.5. The molecule has 8 heteroatoms. The molecule has 0 saturated heterocycles. The third-order valence-electron chi connectivity index (χ3n) is 2.81. The molecule has 0 spiro atoms. The minimum atomic E-state index is -0.893. The van der Waals surface area contributed by atoms with Crippen molar-refractivity contribution >= 4 is 11.9 Å². The molecule has 110 valence electrons. The highest BCUT2D eigenvalue weighted by Crippen LogP contribution is 2.14. The van der Waals surface area contributed by atoms with Gasteiger partial charge in [0.05, 0.1) is 25.2 Å². The summed E-state index contributed by atoms with van der Waals surface area (Å²) >= 11 is 0. The number of nitrogens with zero attached hydrogens (tertiary/aromatic N) is 2. The second kappa shape index (κ2) is 6.51. The van der Waals surface area contributed by atoms with E-state index >= 15 is 0 Å². The lowest BCUT2D eigenvalue weighted by molar-refractivity contribution is -0.142. The van der Waals surface area contributed by atoms with Gasteiger partial charge in [-0.3, -0.25) is 9.78 Å². The van der Waals surface area contributed by atoms with Gasteiger partial charge in [-0.05, 0) is 6.07 Å². The van der Waals surface area contributed by atoms with Crippen LogP contribution in [-0.4, -0.2) is 45.1 Å². The largest absolute Gasteiger partial charge is 0.505 e. The van der Waals surface area contributed by atoms with E-state index in [-0.39, 0.29) is 17.7 Å². The lowest BCUT2D eigenvalue weighted by Crippen LogP contribution is -2.43. The average Bonchev–Trinajstić information content (AvgIpc) is 2.99. The zero-order valence-electron chi connectivity index (χ0n) is 11.2. The van der Waals surface area contributed by atoms with Gasteiger partial charge in [0.25, 0.3) is 5.91 Å². The van der Waals surface area contributed by atoms with Crippen LogP contribution < -0.4 is 5.32 Å². The summed E-state index contributed by atoms with van der Waals surface area (Å²) in [7, 11) is 1.23. The molecule has 1 atom stereocenters. The van der Waals surface area contributed by atoms with Crippen molar-refractivity contribution in [3.05, 3.63) is 42.2 Å². The molecule has 2 heterocycles. The van der Waals surface area contributed by atoms with Crippen molar-refractivity contribution in [3.63, 3.8) is 0 Å². The van der Waals surface area contributed by atoms with Gasteiger partial charge in [-0.2, -0.15) is 0 Å². The minimum absolute atomic E-state index is 0.0310. The van der Waals surface area contributed by atoms with Crippen LogP contribution in [0, 0.1) is 0 Å². The topological polar surface area (TPSA) is 117 Å². The van der Waals surface area contributed by atoms with Crippen LogP contribution in [-0.2, 0) is 16.0 Å². The Morgan fingerprint density at radius 2 is 2.24 bits per heavy atom. The predicted molar refractivity (Wildman–Crippen MR) is 71.5 cm³/mol. The Kier molecular flexibility index (Phi) is 4.50. The van der Waals surface area contributed by atoms with Crippen LogP contribution >= 0.6 is 0 Å². The zero-order chi connectivity index (χ0) is 15.2. The summed E-state index contributed by atoms with van der Waals surface area (Å²) in [4.78, 5) is 34.2. The van der Waals surface area contributed by atoms with Gasteiger partial charge in [-0.1, -0.05) is 0 Å². The number of rotatable bonds is 5. The number of imidazole rings is 1. The highest BCUT2D eigenvalue weighted by Gasteiger charge is 2.24. The third-order valence-corrected chi connectivity index (χ3v) is 2.81. The van der Waals surface area contributed by atoms with Crippen LogP contribution in [0.1, 0.15) is 16.1 Å². The molecule has 0 saturated carbocycles. The van der Waals surface area contributed by atoms with E-state index in [4.69, 9.17) is 0 Å². The monoisotopic (exact) mass is 290 g/mol. The predicted octanol–water partition coefficient (Wildman–Crippen LogP) is 0.0244. The summed E-state index contributed by atoms with van der Waals surface area (Å²) in [6.45, 7) is 0. The van der Waals surface area contributed by atoms with Gasteiger partial charge in [0.15, 0.2) is 0 Å². The number of carbonyl (C=O) groups excluding carboxylic acids is 2. The number of nitrogens with one attached hydrogen (secondary N) is 2. The van der Waals surface area contributed by atoms with Gasteiger partial charge in [0, 0.05) is 24.5 Å². The van der Waals surface area contributed by atoms with Crippen molar-refractivity contribution in [1.82, 2.24) is 20.3 Å². The first-order valence-corrected chi connectivity index (χ1v) is 6.10. The van der Waals surface area contributed by atoms with E-state index < -0.39 is 17.9 Å². The van der Waals surface area contributed by atoms with Crippen LogP contribution in [0.3, 0.4) is 0 Å². The summed E-state index contributed by atoms with van der Waals surface area (Å²) in [5.74, 6) is -1.45. The second-order valence-electron chi connectivity index (χ2n) is 4.22. The molecular formula is C13H14N4O4. The van der Waals surface area contributed by atoms with E-state index in [9.17, 15) is 14.7 Å². The quantitative estimate of drug-likeness (QED) is 0.668. The van der Waals surface area contributed by atoms with Gasteiger partial charge in [0.2, 0.25) is 0 Å². The molecule has 0 fully saturated rings. The molecule has 0 unspecified atom stereocenters. The fraction of sp³-hybridized carbons (Fsp3) is 0.231. The van der Waals surface area contributed by atoms with Crippen molar-refractivity contribution in [3.8, 4) is 5.75 Å². The number of ether oxygens (including phenoxy) is 1. The molecule has 2 rings (SSSR count). The number of aromatic nitrogens is 3. The van der Waals surface area contributed by atoms with E-state index in [0.717, 1.165) is 6.20 Å². The van der Waals surface area contributed by atoms with Crippen molar-refractivity contribution in [2.24, 2.45) is 0 Å². The third kappa shape index (κ3) is 3.56. The SMILES string of the molecule is COC(=O)[C@H](Cc1cnc[nH]1)NC(=O)c1ccncc1O. The Hall–Kier alpha value is -2.90. The molecule has 1 amide bonds. The van der Waals surface area contributed by atoms with Gasteiger partial charge < -0.3 is 20.1 Å². The highest BCUT2D eigenvalue weighted by molar-refractivity contribution is 5.98. The molecule has 0 bridgehead atoms. The van der Waals surface area contributed by atoms with Crippen LogP contribution in [0.15, 0.2) is 31.0 Å². The number of hydrogen-bond acceptors (Lipinski definition) is 6. The molecule has 0 aliphatic heterocycles. The zero-order valence-corrected chi connectivity index (χ0v) is 11.2. The summed E-state index contributed by atoms with van der Waals surface area (Å²) < 4.78 is 4.67. The molecule has 0 aliphatic carbocycles. The average molecular weight is 290 g/mol. The minimum Gasteiger partial charge on any atom is -0.505 e. The van der Waals surface area contributed by atoms with Crippen LogP contribution in [0.25, 0.3) is 0 Å². The van der Waals surface area contributed by atoms with Crippen molar-refractivity contribution in [2.75, 3.05) is 7.11 Å². The van der Waals surface area contributed by atoms with Gasteiger partial charge in [-0.15, -0.1) is 0 Å². The maximum Gasteiger partial charge on any atom is 0.328 e. The maximum atomic E-state index is 12.1. The molecule has 2 aromatic heterocycles. The number of carbonyl (C=O) groups is 2. The standard InChI is InChI=1S/C13H14N4O4/c1-21-13(20)10(4-8-5-15-7-16-8)17-12(19)9-2-3-14-6-11(9)18/h2-3,5-7,10,18H,4H2,1H3,(H,15,16)(H,17,19)/t10-/m0/s1. The van der Waals surface area contributed by atoms with Crippen LogP contribution in [0.5, 0.6) is 5.75 Å². The molecule has 2 aromatic rings. The van der Waals surface area contributed by atoms with Gasteiger partial charge in [-0.25, -0.2) is 9.78 Å². The van der Waals surface area contributed by atoms with E-state index in [2.05, 4.69) is 25.0 Å². The van der Waals surface area contributed by atoms with E-state index in [1.165, 1.54) is 25.7 Å². The lowest BCUT2D eigenvalue weighted by Gasteiger charge is -2.16. The summed E-state index contributed by atoms with van der Waals surface area (Å²) in [6, 6.07) is 0.463. The van der Waals surface area contributed by atoms with E-state index in [0.29, 0.717) is 5.69 Å². The second-order valence-corrected chi connectivity index (χ2v) is 4.22. The molecule has 3 N–H and O–H groups in total. The first-order chi connectivity index (χ1) is 10.1. The number of amides is 1. The lowest BCUT2D eigenvalue weighted by atomic mass is 10.1. The fourth-order valence-electron chi connectivity index (χ4n) is 1.77. The van der Waals surface area contributed by atoms with Crippen molar-refractivity contribution in [1.29, 1.82) is 0 Å². The molecule has 0 aliphatic rings. The van der Waals surface area contributed by atoms with Gasteiger partial charge in [0.1, 0.15) is 11.8 Å². The summed E-state index contributed by atoms with van der Waals surface area (Å²) in [5, 5.41) is 12.1. The van der Waals surface area contributed by atoms with Gasteiger partial charge >= 0.3 is 5.97 Å². The molecule has 0 aromatic carbocycles. The number of H-pyrrole nitrogens is 1. The number of hydrogen-bond donors (Lipinski definition) is 3. The number of aromatic hydroxyl groups is 1. The Bertz CT molecular complexity index is 627. The molecule has 8 nitrogen and oxygen atoms in total. The van der Waals surface area contributed by atoms with Crippen molar-refractivity contribution < 1.29 is 19.4 Å². The number of pyridine rings is 1. The summed E-state index contributed by atoms with van der Waals surface area (Å²) in [6.07, 6.45) is 5.74. The van der Waals surface area contributed by atoms with Crippen LogP contribution in [0.4, 0.5) is 0 Å². The summed E-state index contributed by atoms with van der Waals surface area (Å²) in [5.41, 5.74) is 0.702. The molecular weight excluding hydrogens is 276 g/mol. The maximum absolute atomic E-state index is 12.1. The fourth-order valence-corrected chi connectivity index (χ4v) is 1.77.